The molecule has 3 N–H and O–H groups in total. The van der Waals surface area contributed by atoms with Gasteiger partial charge in [-0.05, 0) is 47.0 Å². The number of aryl methyl sites for hydroxylation is 1. The van der Waals surface area contributed by atoms with Gasteiger partial charge in [-0.25, -0.2) is 8.42 Å². The molecule has 2 rings (SSSR count). The van der Waals surface area contributed by atoms with E-state index in [9.17, 15) is 8.42 Å². The maximum Gasteiger partial charge on any atom is 0.152 e. The van der Waals surface area contributed by atoms with Gasteiger partial charge in [0.1, 0.15) is 0 Å². The zero-order chi connectivity index (χ0) is 13.4. The van der Waals surface area contributed by atoms with E-state index in [0.29, 0.717) is 13.0 Å². The molecule has 1 unspecified atom stereocenters. The minimum absolute atomic E-state index is 0.108. The third-order valence-electron chi connectivity index (χ3n) is 3.30. The highest BCUT2D eigenvalue weighted by Gasteiger charge is 2.41. The molecule has 1 aliphatic rings. The summed E-state index contributed by atoms with van der Waals surface area (Å²) in [6, 6.07) is 5.94. The second-order valence-electron chi connectivity index (χ2n) is 4.93. The lowest BCUT2D eigenvalue weighted by molar-refractivity contribution is 0.533. The van der Waals surface area contributed by atoms with Gasteiger partial charge in [0, 0.05) is 16.7 Å². The van der Waals surface area contributed by atoms with Gasteiger partial charge in [0.15, 0.2) is 9.84 Å². The number of nitrogens with two attached hydrogens (primary N) is 1. The molecule has 1 aromatic carbocycles. The van der Waals surface area contributed by atoms with Gasteiger partial charge in [0.05, 0.1) is 17.0 Å². The second-order valence-corrected chi connectivity index (χ2v) is 7.97. The van der Waals surface area contributed by atoms with Crippen LogP contribution in [0.15, 0.2) is 22.7 Å². The van der Waals surface area contributed by atoms with E-state index in [1.165, 1.54) is 0 Å². The van der Waals surface area contributed by atoms with E-state index >= 15 is 0 Å². The van der Waals surface area contributed by atoms with Gasteiger partial charge in [0.2, 0.25) is 0 Å². The number of hydrogen-bond donors (Lipinski definition) is 2. The molecular weight excluding hydrogens is 316 g/mol. The lowest BCUT2D eigenvalue weighted by Gasteiger charge is -2.29. The lowest BCUT2D eigenvalue weighted by atomic mass is 9.98. The molecule has 0 saturated carbocycles. The number of benzene rings is 1. The maximum atomic E-state index is 11.6. The number of halogens is 1. The number of sulfone groups is 1. The van der Waals surface area contributed by atoms with Crippen LogP contribution in [0.25, 0.3) is 0 Å². The standard InChI is InChI=1S/C12H17BrN2O2S/c1-9-2-3-10(13)11(6-9)15-12(7-14)4-5-18(16,17)8-12/h2-3,6,15H,4-5,7-8,14H2,1H3. The molecule has 0 spiro atoms. The van der Waals surface area contributed by atoms with Crippen molar-refractivity contribution in [3.8, 4) is 0 Å². The van der Waals surface area contributed by atoms with Crippen LogP contribution in [-0.2, 0) is 9.84 Å². The zero-order valence-electron chi connectivity index (χ0n) is 10.2. The number of anilines is 1. The van der Waals surface area contributed by atoms with E-state index in [1.807, 2.05) is 25.1 Å². The van der Waals surface area contributed by atoms with Crippen molar-refractivity contribution in [1.82, 2.24) is 0 Å². The Labute approximate surface area is 116 Å². The minimum atomic E-state index is -2.97. The number of hydrogen-bond acceptors (Lipinski definition) is 4. The van der Waals surface area contributed by atoms with Crippen molar-refractivity contribution in [3.05, 3.63) is 28.2 Å². The van der Waals surface area contributed by atoms with Crippen molar-refractivity contribution < 1.29 is 8.42 Å². The molecule has 1 aromatic rings. The Kier molecular flexibility index (Phi) is 3.71. The predicted octanol–water partition coefficient (Wildman–Crippen LogP) is 1.69. The molecule has 1 saturated heterocycles. The Morgan fingerprint density at radius 1 is 1.50 bits per heavy atom. The second kappa shape index (κ2) is 4.83. The van der Waals surface area contributed by atoms with Crippen LogP contribution >= 0.6 is 15.9 Å². The summed E-state index contributed by atoms with van der Waals surface area (Å²) in [5, 5.41) is 3.32. The number of rotatable bonds is 3. The van der Waals surface area contributed by atoms with E-state index in [4.69, 9.17) is 5.73 Å². The maximum absolute atomic E-state index is 11.6. The molecule has 1 aliphatic heterocycles. The summed E-state index contributed by atoms with van der Waals surface area (Å²) in [7, 11) is -2.97. The molecule has 100 valence electrons. The average Bonchev–Trinajstić information content (AvgIpc) is 2.60. The highest BCUT2D eigenvalue weighted by atomic mass is 79.9. The third-order valence-corrected chi connectivity index (χ3v) is 5.81. The molecule has 0 amide bonds. The fraction of sp³-hybridized carbons (Fsp3) is 0.500. The minimum Gasteiger partial charge on any atom is -0.376 e. The molecule has 18 heavy (non-hydrogen) atoms. The first-order chi connectivity index (χ1) is 8.36. The molecule has 1 heterocycles. The topological polar surface area (TPSA) is 72.2 Å². The van der Waals surface area contributed by atoms with Crippen molar-refractivity contribution in [2.75, 3.05) is 23.4 Å². The number of nitrogens with one attached hydrogen (secondary N) is 1. The highest BCUT2D eigenvalue weighted by molar-refractivity contribution is 9.10. The Hall–Kier alpha value is -0.590. The Bertz CT molecular complexity index is 559. The summed E-state index contributed by atoms with van der Waals surface area (Å²) in [4.78, 5) is 0. The summed E-state index contributed by atoms with van der Waals surface area (Å²) in [5.41, 5.74) is 7.27. The van der Waals surface area contributed by atoms with Crippen LogP contribution in [0.1, 0.15) is 12.0 Å². The van der Waals surface area contributed by atoms with Crippen LogP contribution in [0.3, 0.4) is 0 Å². The van der Waals surface area contributed by atoms with Gasteiger partial charge in [-0.3, -0.25) is 0 Å². The van der Waals surface area contributed by atoms with E-state index in [1.54, 1.807) is 0 Å². The van der Waals surface area contributed by atoms with Crippen molar-refractivity contribution in [3.63, 3.8) is 0 Å². The van der Waals surface area contributed by atoms with Gasteiger partial charge < -0.3 is 11.1 Å². The quantitative estimate of drug-likeness (QED) is 0.883. The average molecular weight is 333 g/mol. The van der Waals surface area contributed by atoms with Crippen molar-refractivity contribution >= 4 is 31.5 Å². The summed E-state index contributed by atoms with van der Waals surface area (Å²) in [6.07, 6.45) is 0.562. The van der Waals surface area contributed by atoms with E-state index < -0.39 is 15.4 Å². The summed E-state index contributed by atoms with van der Waals surface area (Å²) in [5.74, 6) is 0.317. The SMILES string of the molecule is Cc1ccc(Br)c(NC2(CN)CCS(=O)(=O)C2)c1. The molecule has 1 fully saturated rings. The largest absolute Gasteiger partial charge is 0.376 e. The van der Waals surface area contributed by atoms with Gasteiger partial charge in [-0.15, -0.1) is 0 Å². The van der Waals surface area contributed by atoms with Crippen molar-refractivity contribution in [1.29, 1.82) is 0 Å². The highest BCUT2D eigenvalue weighted by Crippen LogP contribution is 2.31. The first-order valence-corrected chi connectivity index (χ1v) is 8.42. The first-order valence-electron chi connectivity index (χ1n) is 5.81. The van der Waals surface area contributed by atoms with Crippen LogP contribution in [0, 0.1) is 6.92 Å². The first kappa shape index (κ1) is 13.8. The predicted molar refractivity (Wildman–Crippen MR) is 77.6 cm³/mol. The van der Waals surface area contributed by atoms with E-state index in [-0.39, 0.29) is 11.5 Å². The molecule has 6 heteroatoms. The summed E-state index contributed by atoms with van der Waals surface area (Å²) < 4.78 is 24.2. The fourth-order valence-electron chi connectivity index (χ4n) is 2.25. The molecule has 0 aromatic heterocycles. The van der Waals surface area contributed by atoms with E-state index in [2.05, 4.69) is 21.2 Å². The van der Waals surface area contributed by atoms with Crippen LogP contribution < -0.4 is 11.1 Å². The smallest absolute Gasteiger partial charge is 0.152 e. The third kappa shape index (κ3) is 2.87. The van der Waals surface area contributed by atoms with Gasteiger partial charge >= 0.3 is 0 Å². The van der Waals surface area contributed by atoms with Crippen molar-refractivity contribution in [2.45, 2.75) is 18.9 Å². The Morgan fingerprint density at radius 2 is 2.22 bits per heavy atom. The molecular formula is C12H17BrN2O2S. The molecule has 4 nitrogen and oxygen atoms in total. The van der Waals surface area contributed by atoms with Crippen molar-refractivity contribution in [2.24, 2.45) is 5.73 Å². The van der Waals surface area contributed by atoms with Gasteiger partial charge in [-0.2, -0.15) is 0 Å². The van der Waals surface area contributed by atoms with Crippen LogP contribution in [0.2, 0.25) is 0 Å². The van der Waals surface area contributed by atoms with E-state index in [0.717, 1.165) is 15.7 Å². The summed E-state index contributed by atoms with van der Waals surface area (Å²) in [6.45, 7) is 2.31. The zero-order valence-corrected chi connectivity index (χ0v) is 12.6. The molecule has 0 aliphatic carbocycles. The van der Waals surface area contributed by atoms with Crippen LogP contribution in [-0.4, -0.2) is 32.0 Å². The van der Waals surface area contributed by atoms with Crippen LogP contribution in [0.5, 0.6) is 0 Å². The normalized spacial score (nSPS) is 26.2. The molecule has 0 radical (unpaired) electrons. The molecule has 0 bridgehead atoms. The van der Waals surface area contributed by atoms with Crippen LogP contribution in [0.4, 0.5) is 5.69 Å². The Balaban J connectivity index is 2.29. The fourth-order valence-corrected chi connectivity index (χ4v) is 4.62. The molecule has 1 atom stereocenters. The Morgan fingerprint density at radius 3 is 2.78 bits per heavy atom. The monoisotopic (exact) mass is 332 g/mol. The lowest BCUT2D eigenvalue weighted by Crippen LogP contribution is -2.46. The van der Waals surface area contributed by atoms with Gasteiger partial charge in [-0.1, -0.05) is 6.07 Å². The summed E-state index contributed by atoms with van der Waals surface area (Å²) >= 11 is 3.47. The van der Waals surface area contributed by atoms with Gasteiger partial charge in [0.25, 0.3) is 0 Å².